The third-order valence-corrected chi connectivity index (χ3v) is 1.82. The first-order valence-electron chi connectivity index (χ1n) is 3.96. The summed E-state index contributed by atoms with van der Waals surface area (Å²) in [5.74, 6) is 3.73. The van der Waals surface area contributed by atoms with Crippen LogP contribution in [0, 0.1) is 24.7 Å². The second-order valence-electron chi connectivity index (χ2n) is 3.47. The van der Waals surface area contributed by atoms with Gasteiger partial charge in [0.2, 0.25) is 0 Å². The zero-order valence-corrected chi connectivity index (χ0v) is 7.70. The molecule has 0 rings (SSSR count). The highest BCUT2D eigenvalue weighted by Gasteiger charge is 1.92. The topological polar surface area (TPSA) is 0 Å². The fraction of sp³-hybridized carbons (Fsp3) is 0.700. The first-order chi connectivity index (χ1) is 4.57. The maximum atomic E-state index is 3.93. The van der Waals surface area contributed by atoms with Crippen LogP contribution in [0.2, 0.25) is 0 Å². The van der Waals surface area contributed by atoms with E-state index in [0.29, 0.717) is 5.92 Å². The van der Waals surface area contributed by atoms with Crippen molar-refractivity contribution in [2.24, 2.45) is 5.92 Å². The van der Waals surface area contributed by atoms with E-state index in [0.717, 1.165) is 6.42 Å². The highest BCUT2D eigenvalue weighted by molar-refractivity contribution is 4.93. The van der Waals surface area contributed by atoms with Crippen LogP contribution in [0.1, 0.15) is 40.5 Å². The van der Waals surface area contributed by atoms with E-state index < -0.39 is 0 Å². The molecule has 0 N–H and O–H groups in total. The number of hydrogen-bond acceptors (Lipinski definition) is 0. The smallest absolute Gasteiger partial charge is 0.189 e. The summed E-state index contributed by atoms with van der Waals surface area (Å²) in [7, 11) is 0. The van der Waals surface area contributed by atoms with Crippen LogP contribution in [0.3, 0.4) is 0 Å². The lowest BCUT2D eigenvalue weighted by molar-refractivity contribution is 0.520. The van der Waals surface area contributed by atoms with Crippen molar-refractivity contribution < 1.29 is 0 Å². The molecule has 0 amide bonds. The van der Waals surface area contributed by atoms with Crippen molar-refractivity contribution in [1.82, 2.24) is 0 Å². The van der Waals surface area contributed by atoms with Gasteiger partial charge < -0.3 is 18.8 Å². The molecule has 0 aliphatic carbocycles. The van der Waals surface area contributed by atoms with Crippen LogP contribution >= 0.6 is 0 Å². The second-order valence-corrected chi connectivity index (χ2v) is 3.47. The first kappa shape index (κ1) is 10.0. The molecule has 1 atom stereocenters. The van der Waals surface area contributed by atoms with Gasteiger partial charge in [0.25, 0.3) is 0 Å². The molecule has 10 heavy (non-hydrogen) atoms. The van der Waals surface area contributed by atoms with Crippen molar-refractivity contribution in [1.29, 1.82) is 0 Å². The molecule has 0 aromatic carbocycles. The molecular formula is C10H19-3. The predicted molar refractivity (Wildman–Crippen MR) is 47.3 cm³/mol. The van der Waals surface area contributed by atoms with Crippen molar-refractivity contribution in [3.05, 3.63) is 18.8 Å². The molecule has 0 fully saturated rings. The van der Waals surface area contributed by atoms with Crippen molar-refractivity contribution in [3.8, 4) is 0 Å². The van der Waals surface area contributed by atoms with Crippen LogP contribution in [-0.4, -0.2) is 0 Å². The van der Waals surface area contributed by atoms with E-state index in [1.54, 1.807) is 0 Å². The van der Waals surface area contributed by atoms with Gasteiger partial charge in [-0.3, -0.25) is 0 Å². The summed E-state index contributed by atoms with van der Waals surface area (Å²) in [6.07, 6.45) is 2.25. The Morgan fingerprint density at radius 2 is 1.70 bits per heavy atom. The Labute approximate surface area is 66.0 Å². The van der Waals surface area contributed by atoms with Crippen molar-refractivity contribution in [2.45, 2.75) is 40.5 Å². The van der Waals surface area contributed by atoms with Gasteiger partial charge in [0.1, 0.15) is 0 Å². The molecule has 0 aromatic heterocycles. The van der Waals surface area contributed by atoms with Gasteiger partial charge in [-0.2, -0.15) is 27.7 Å². The van der Waals surface area contributed by atoms with Crippen LogP contribution in [0.4, 0.5) is 0 Å². The largest absolute Gasteiger partial charge is 0.346 e. The Morgan fingerprint density at radius 3 is 1.80 bits per heavy atom. The molecule has 0 aromatic rings. The summed E-state index contributed by atoms with van der Waals surface area (Å²) >= 11 is 0. The number of hydrogen-bond donors (Lipinski definition) is 0. The molecule has 0 aliphatic rings. The van der Waals surface area contributed by atoms with Gasteiger partial charge >= 0.3 is 0 Å². The minimum atomic E-state index is 0.713. The molecule has 0 saturated heterocycles. The molecule has 0 heterocycles. The van der Waals surface area contributed by atoms with E-state index in [2.05, 4.69) is 34.6 Å². The van der Waals surface area contributed by atoms with E-state index in [-0.39, 0.29) is 0 Å². The Hall–Kier alpha value is 0. The van der Waals surface area contributed by atoms with Crippen molar-refractivity contribution in [2.75, 3.05) is 0 Å². The predicted octanol–water partition coefficient (Wildman–Crippen LogP) is 3.45. The lowest BCUT2D eigenvalue weighted by atomic mass is 9.86. The molecular weight excluding hydrogens is 120 g/mol. The van der Waals surface area contributed by atoms with Gasteiger partial charge in [-0.15, -0.1) is 0 Å². The van der Waals surface area contributed by atoms with Gasteiger partial charge in [-0.1, -0.05) is 0 Å². The fourth-order valence-corrected chi connectivity index (χ4v) is 1.09. The summed E-state index contributed by atoms with van der Waals surface area (Å²) < 4.78 is 0. The van der Waals surface area contributed by atoms with Crippen LogP contribution < -0.4 is 0 Å². The Morgan fingerprint density at radius 1 is 1.20 bits per heavy atom. The lowest BCUT2D eigenvalue weighted by Gasteiger charge is -2.40. The molecule has 0 bridgehead atoms. The monoisotopic (exact) mass is 139 g/mol. The van der Waals surface area contributed by atoms with Gasteiger partial charge in [0.05, 0.1) is 0 Å². The zero-order valence-electron chi connectivity index (χ0n) is 7.70. The van der Waals surface area contributed by atoms with E-state index >= 15 is 0 Å². The highest BCUT2D eigenvalue weighted by atomic mass is 14.2. The SMILES string of the molecule is [CH2-]CC(C[C-](C)C)[C-](C)C. The molecule has 0 heteroatoms. The number of rotatable bonds is 4. The molecule has 0 aliphatic heterocycles. The molecule has 0 saturated carbocycles. The van der Waals surface area contributed by atoms with Crippen LogP contribution in [0.5, 0.6) is 0 Å². The Kier molecular flexibility index (Phi) is 4.76. The van der Waals surface area contributed by atoms with Crippen LogP contribution in [0.15, 0.2) is 0 Å². The average molecular weight is 139 g/mol. The molecule has 62 valence electrons. The van der Waals surface area contributed by atoms with Gasteiger partial charge in [0, 0.05) is 0 Å². The first-order valence-corrected chi connectivity index (χ1v) is 3.96. The van der Waals surface area contributed by atoms with Gasteiger partial charge in [-0.05, 0) is 0 Å². The third-order valence-electron chi connectivity index (χ3n) is 1.82. The lowest BCUT2D eigenvalue weighted by Crippen LogP contribution is -2.07. The minimum absolute atomic E-state index is 0.713. The van der Waals surface area contributed by atoms with E-state index in [1.165, 1.54) is 18.3 Å². The van der Waals surface area contributed by atoms with Gasteiger partial charge in [-0.25, -0.2) is 18.8 Å². The normalized spacial score (nSPS) is 14.7. The Balaban J connectivity index is 3.60. The van der Waals surface area contributed by atoms with Crippen LogP contribution in [-0.2, 0) is 0 Å². The summed E-state index contributed by atoms with van der Waals surface area (Å²) in [6.45, 7) is 12.7. The highest BCUT2D eigenvalue weighted by Crippen LogP contribution is 2.24. The standard InChI is InChI=1S/C10H19/c1-6-10(9(4)5)7-8(2)3/h10H,1,6-7H2,2-5H3/q-3. The van der Waals surface area contributed by atoms with Crippen molar-refractivity contribution in [3.63, 3.8) is 0 Å². The average Bonchev–Trinajstić information content (AvgIpc) is 1.81. The second kappa shape index (κ2) is 4.76. The molecule has 0 radical (unpaired) electrons. The van der Waals surface area contributed by atoms with E-state index in [9.17, 15) is 0 Å². The maximum Gasteiger partial charge on any atom is -0.189 e. The Bertz CT molecular complexity index is 72.1. The summed E-state index contributed by atoms with van der Waals surface area (Å²) in [5.41, 5.74) is 0. The minimum Gasteiger partial charge on any atom is -0.346 e. The quantitative estimate of drug-likeness (QED) is 0.523. The maximum absolute atomic E-state index is 3.93. The molecule has 0 spiro atoms. The summed E-state index contributed by atoms with van der Waals surface area (Å²) in [4.78, 5) is 0. The van der Waals surface area contributed by atoms with E-state index in [4.69, 9.17) is 0 Å². The zero-order chi connectivity index (χ0) is 8.15. The summed E-state index contributed by atoms with van der Waals surface area (Å²) in [6, 6.07) is 0. The van der Waals surface area contributed by atoms with E-state index in [1.807, 2.05) is 0 Å². The summed E-state index contributed by atoms with van der Waals surface area (Å²) in [5, 5.41) is 0. The van der Waals surface area contributed by atoms with Gasteiger partial charge in [0.15, 0.2) is 0 Å². The third kappa shape index (κ3) is 3.92. The molecule has 0 nitrogen and oxygen atoms in total. The molecule has 1 unspecified atom stereocenters. The fourth-order valence-electron chi connectivity index (χ4n) is 1.09. The van der Waals surface area contributed by atoms with Crippen molar-refractivity contribution >= 4 is 0 Å². The van der Waals surface area contributed by atoms with Crippen LogP contribution in [0.25, 0.3) is 0 Å².